The zero-order valence-electron chi connectivity index (χ0n) is 9.85. The van der Waals surface area contributed by atoms with E-state index in [1.54, 1.807) is 0 Å². The topological polar surface area (TPSA) is 134 Å². The minimum absolute atomic E-state index is 0.224. The van der Waals surface area contributed by atoms with Crippen molar-refractivity contribution < 1.29 is 19.6 Å². The second kappa shape index (κ2) is 5.96. The predicted octanol–water partition coefficient (Wildman–Crippen LogP) is -1.31. The van der Waals surface area contributed by atoms with Gasteiger partial charge in [0.25, 0.3) is 5.78 Å². The quantitative estimate of drug-likeness (QED) is 0.336. The lowest BCUT2D eigenvalue weighted by Crippen LogP contribution is -2.44. The molecule has 9 nitrogen and oxygen atoms in total. The Labute approximate surface area is 107 Å². The van der Waals surface area contributed by atoms with Crippen molar-refractivity contribution in [3.8, 4) is 0 Å². The first-order chi connectivity index (χ1) is 8.92. The Morgan fingerprint density at radius 2 is 2.11 bits per heavy atom. The summed E-state index contributed by atoms with van der Waals surface area (Å²) in [7, 11) is 0. The zero-order chi connectivity index (χ0) is 14.5. The van der Waals surface area contributed by atoms with E-state index in [2.05, 4.69) is 21.9 Å². The van der Waals surface area contributed by atoms with Crippen LogP contribution in [0.25, 0.3) is 0 Å². The molecular weight excluding hydrogens is 256 g/mol. The lowest BCUT2D eigenvalue weighted by atomic mass is 10.1. The maximum Gasteiger partial charge on any atom is 0.471 e. The number of rotatable bonds is 7. The number of aliphatic imine (C=N–C) groups is 2. The van der Waals surface area contributed by atoms with Crippen LogP contribution in [0.15, 0.2) is 22.6 Å². The molecule has 0 saturated heterocycles. The van der Waals surface area contributed by atoms with Crippen LogP contribution >= 0.6 is 0 Å². The fraction of sp³-hybridized carbons (Fsp3) is 0.400. The number of aliphatic hydroxyl groups excluding tert-OH is 1. The molecule has 1 heterocycles. The van der Waals surface area contributed by atoms with Crippen molar-refractivity contribution in [1.82, 2.24) is 5.32 Å². The molecule has 1 unspecified atom stereocenters. The van der Waals surface area contributed by atoms with E-state index in [0.29, 0.717) is 0 Å². The van der Waals surface area contributed by atoms with Crippen LogP contribution < -0.4 is 5.32 Å². The summed E-state index contributed by atoms with van der Waals surface area (Å²) in [4.78, 5) is 39.4. The summed E-state index contributed by atoms with van der Waals surface area (Å²) in [6.45, 7) is 2.98. The number of aliphatic hydroxyl groups is 1. The van der Waals surface area contributed by atoms with Gasteiger partial charge in [-0.1, -0.05) is 6.58 Å². The van der Waals surface area contributed by atoms with E-state index in [0.717, 1.165) is 18.5 Å². The van der Waals surface area contributed by atoms with Gasteiger partial charge in [-0.15, -0.1) is 0 Å². The van der Waals surface area contributed by atoms with Crippen LogP contribution in [0.2, 0.25) is 0 Å². The smallest absolute Gasteiger partial charge is 0.391 e. The van der Waals surface area contributed by atoms with E-state index < -0.39 is 34.9 Å². The van der Waals surface area contributed by atoms with Gasteiger partial charge in [0.2, 0.25) is 5.91 Å². The van der Waals surface area contributed by atoms with Gasteiger partial charge in [-0.3, -0.25) is 19.7 Å². The van der Waals surface area contributed by atoms with Crippen LogP contribution in [0.4, 0.5) is 0 Å². The highest BCUT2D eigenvalue weighted by Gasteiger charge is 2.51. The average Bonchev–Trinajstić information content (AvgIpc) is 2.86. The van der Waals surface area contributed by atoms with E-state index in [-0.39, 0.29) is 6.54 Å². The fourth-order valence-electron chi connectivity index (χ4n) is 1.36. The summed E-state index contributed by atoms with van der Waals surface area (Å²) in [5.41, 5.74) is 0. The van der Waals surface area contributed by atoms with Gasteiger partial charge in [0.15, 0.2) is 0 Å². The minimum Gasteiger partial charge on any atom is -0.391 e. The summed E-state index contributed by atoms with van der Waals surface area (Å²) >= 11 is 0. The van der Waals surface area contributed by atoms with Crippen molar-refractivity contribution in [3.63, 3.8) is 0 Å². The third-order valence-electron chi connectivity index (χ3n) is 2.32. The molecule has 0 aromatic carbocycles. The van der Waals surface area contributed by atoms with E-state index in [1.165, 1.54) is 0 Å². The van der Waals surface area contributed by atoms with Crippen LogP contribution in [-0.4, -0.2) is 52.6 Å². The molecule has 1 rings (SSSR count). The first-order valence-electron chi connectivity index (χ1n) is 5.27. The van der Waals surface area contributed by atoms with Crippen molar-refractivity contribution in [2.24, 2.45) is 9.98 Å². The van der Waals surface area contributed by atoms with Crippen LogP contribution in [0.1, 0.15) is 6.42 Å². The van der Waals surface area contributed by atoms with Crippen molar-refractivity contribution in [1.29, 1.82) is 0 Å². The number of nitrogens with zero attached hydrogens (tertiary/aromatic N) is 3. The molecule has 0 aromatic heterocycles. The van der Waals surface area contributed by atoms with E-state index in [9.17, 15) is 24.8 Å². The van der Waals surface area contributed by atoms with Gasteiger partial charge in [0.1, 0.15) is 0 Å². The number of Topliss-reactive ketones (excluding diaryl/α,β-unsaturated/α-hetero) is 1. The summed E-state index contributed by atoms with van der Waals surface area (Å²) in [5.74, 6) is -3.88. The molecule has 0 aliphatic carbocycles. The standard InChI is InChI=1S/C10H12N4O5/c1-2-9(17)11-6-7(15)5-8(16)10(14(18)19)12-3-4-13-10/h2-4,7,15H,1,5-6H2,(H,11,17). The lowest BCUT2D eigenvalue weighted by molar-refractivity contribution is -0.547. The highest BCUT2D eigenvalue weighted by atomic mass is 16.6. The Morgan fingerprint density at radius 3 is 2.58 bits per heavy atom. The first-order valence-corrected chi connectivity index (χ1v) is 5.27. The molecule has 19 heavy (non-hydrogen) atoms. The zero-order valence-corrected chi connectivity index (χ0v) is 9.85. The van der Waals surface area contributed by atoms with Gasteiger partial charge in [-0.2, -0.15) is 9.98 Å². The van der Waals surface area contributed by atoms with Gasteiger partial charge in [-0.05, 0) is 6.08 Å². The van der Waals surface area contributed by atoms with Crippen LogP contribution in [0, 0.1) is 10.1 Å². The summed E-state index contributed by atoms with van der Waals surface area (Å²) in [6, 6.07) is 0. The molecule has 0 aromatic rings. The van der Waals surface area contributed by atoms with Crippen molar-refractivity contribution in [2.45, 2.75) is 18.3 Å². The third kappa shape index (κ3) is 3.28. The second-order valence-corrected chi connectivity index (χ2v) is 3.68. The summed E-state index contributed by atoms with van der Waals surface area (Å²) in [5, 5.41) is 22.6. The van der Waals surface area contributed by atoms with Gasteiger partial charge in [-0.25, -0.2) is 0 Å². The number of carbonyl (C=O) groups excluding carboxylic acids is 2. The predicted molar refractivity (Wildman–Crippen MR) is 65.5 cm³/mol. The minimum atomic E-state index is -2.40. The summed E-state index contributed by atoms with van der Waals surface area (Å²) in [6.07, 6.45) is 1.28. The van der Waals surface area contributed by atoms with Gasteiger partial charge >= 0.3 is 5.79 Å². The van der Waals surface area contributed by atoms with Crippen molar-refractivity contribution >= 4 is 24.1 Å². The number of nitro groups is 1. The van der Waals surface area contributed by atoms with Crippen LogP contribution in [-0.2, 0) is 9.59 Å². The van der Waals surface area contributed by atoms with Crippen LogP contribution in [0.3, 0.4) is 0 Å². The number of hydrogen-bond acceptors (Lipinski definition) is 7. The molecule has 102 valence electrons. The Kier molecular flexibility index (Phi) is 4.59. The molecule has 0 bridgehead atoms. The number of carbonyl (C=O) groups is 2. The molecule has 1 atom stereocenters. The van der Waals surface area contributed by atoms with Gasteiger partial charge in [0.05, 0.1) is 11.0 Å². The van der Waals surface area contributed by atoms with Crippen LogP contribution in [0.5, 0.6) is 0 Å². The number of ketones is 1. The molecule has 9 heteroatoms. The van der Waals surface area contributed by atoms with Crippen molar-refractivity contribution in [2.75, 3.05) is 6.54 Å². The van der Waals surface area contributed by atoms with E-state index >= 15 is 0 Å². The van der Waals surface area contributed by atoms with E-state index in [1.807, 2.05) is 0 Å². The van der Waals surface area contributed by atoms with E-state index in [4.69, 9.17) is 0 Å². The number of nitrogens with one attached hydrogen (secondary N) is 1. The Balaban J connectivity index is 2.61. The highest BCUT2D eigenvalue weighted by Crippen LogP contribution is 2.20. The highest BCUT2D eigenvalue weighted by molar-refractivity contribution is 6.19. The molecule has 1 amide bonds. The monoisotopic (exact) mass is 268 g/mol. The SMILES string of the molecule is C=CC(=O)NCC(O)CC(=O)C1([N+](=O)[O-])N=CC=N1. The third-order valence-corrected chi connectivity index (χ3v) is 2.32. The second-order valence-electron chi connectivity index (χ2n) is 3.68. The van der Waals surface area contributed by atoms with Gasteiger partial charge in [0, 0.05) is 25.4 Å². The molecule has 0 saturated carbocycles. The molecular formula is C10H12N4O5. The average molecular weight is 268 g/mol. The largest absolute Gasteiger partial charge is 0.471 e. The molecule has 0 fully saturated rings. The summed E-state index contributed by atoms with van der Waals surface area (Å²) < 4.78 is 0. The normalized spacial score (nSPS) is 16.9. The molecule has 0 spiro atoms. The Morgan fingerprint density at radius 1 is 1.53 bits per heavy atom. The first kappa shape index (κ1) is 14.6. The lowest BCUT2D eigenvalue weighted by Gasteiger charge is -2.15. The maximum absolute atomic E-state index is 11.8. The number of hydrogen-bond donors (Lipinski definition) is 2. The number of amides is 1. The molecule has 1 aliphatic rings. The maximum atomic E-state index is 11.8. The Hall–Kier alpha value is -2.42. The Bertz CT molecular complexity index is 459. The fourth-order valence-corrected chi connectivity index (χ4v) is 1.36. The van der Waals surface area contributed by atoms with Crippen molar-refractivity contribution in [3.05, 3.63) is 22.8 Å². The molecule has 2 N–H and O–H groups in total. The molecule has 0 radical (unpaired) electrons. The molecule has 1 aliphatic heterocycles. The van der Waals surface area contributed by atoms with Gasteiger partial charge < -0.3 is 10.4 Å².